The Morgan fingerprint density at radius 3 is 0.731 bits per heavy atom. The van der Waals surface area contributed by atoms with E-state index < -0.39 is 97.5 Å². The Morgan fingerprint density at radius 1 is 0.290 bits per heavy atom. The van der Waals surface area contributed by atoms with E-state index >= 15 is 0 Å². The zero-order chi connectivity index (χ0) is 68.6. The summed E-state index contributed by atoms with van der Waals surface area (Å²) in [6.07, 6.45) is 53.2. The van der Waals surface area contributed by atoms with Gasteiger partial charge in [0.15, 0.2) is 12.2 Å². The van der Waals surface area contributed by atoms with Crippen LogP contribution in [0.15, 0.2) is 0 Å². The summed E-state index contributed by atoms with van der Waals surface area (Å²) in [5, 5.41) is 10.6. The molecule has 0 bridgehead atoms. The molecule has 0 aliphatic carbocycles. The molecule has 0 aliphatic rings. The average molecular weight is 1370 g/mol. The normalized spacial score (nSPS) is 14.1. The fourth-order valence-corrected chi connectivity index (χ4v) is 12.9. The summed E-state index contributed by atoms with van der Waals surface area (Å²) in [4.78, 5) is 72.4. The van der Waals surface area contributed by atoms with Crippen molar-refractivity contribution >= 4 is 39.5 Å². The maximum absolute atomic E-state index is 13.1. The lowest BCUT2D eigenvalue weighted by Gasteiger charge is -2.21. The highest BCUT2D eigenvalue weighted by atomic mass is 31.2. The molecule has 93 heavy (non-hydrogen) atoms. The zero-order valence-electron chi connectivity index (χ0n) is 60.6. The van der Waals surface area contributed by atoms with Crippen LogP contribution in [-0.2, 0) is 65.4 Å². The Balaban J connectivity index is 5.15. The summed E-state index contributed by atoms with van der Waals surface area (Å²) in [5.74, 6) is -0.578. The minimum atomic E-state index is -4.95. The van der Waals surface area contributed by atoms with Crippen molar-refractivity contribution in [1.29, 1.82) is 0 Å². The molecule has 19 heteroatoms. The monoisotopic (exact) mass is 1370 g/mol. The van der Waals surface area contributed by atoms with E-state index in [9.17, 15) is 43.2 Å². The molecule has 0 aromatic heterocycles. The van der Waals surface area contributed by atoms with Gasteiger partial charge in [-0.3, -0.25) is 37.3 Å². The number of aliphatic hydroxyl groups is 1. The minimum Gasteiger partial charge on any atom is -0.462 e. The van der Waals surface area contributed by atoms with E-state index in [0.717, 1.165) is 108 Å². The van der Waals surface area contributed by atoms with Crippen molar-refractivity contribution in [2.75, 3.05) is 39.6 Å². The van der Waals surface area contributed by atoms with Gasteiger partial charge in [-0.25, -0.2) is 9.13 Å². The molecule has 0 saturated carbocycles. The first-order chi connectivity index (χ1) is 44.9. The molecular formula is C74H144O17P2. The molecular weight excluding hydrogens is 1220 g/mol. The highest BCUT2D eigenvalue weighted by Gasteiger charge is 2.30. The number of rotatable bonds is 73. The van der Waals surface area contributed by atoms with Crippen molar-refractivity contribution in [3.05, 3.63) is 0 Å². The van der Waals surface area contributed by atoms with Gasteiger partial charge in [0.05, 0.1) is 26.4 Å². The lowest BCUT2D eigenvalue weighted by atomic mass is 10.0. The third kappa shape index (κ3) is 68.4. The van der Waals surface area contributed by atoms with E-state index in [-0.39, 0.29) is 25.7 Å². The quantitative estimate of drug-likeness (QED) is 0.0222. The SMILES string of the molecule is CCCCCCCCCCCCCCCCCCCCC(=O)O[C@H](COC(=O)CCCCCCCCCCCCCCCCC(C)C)COP(=O)(O)OC[C@@H](O)COP(=O)(O)OC[C@@H](COC(=O)CCCCCCC)OC(=O)CCCCCCCCCCCCC(C)C. The Kier molecular flexibility index (Phi) is 64.6. The predicted octanol–water partition coefficient (Wildman–Crippen LogP) is 21.6. The van der Waals surface area contributed by atoms with Crippen LogP contribution in [0.2, 0.25) is 0 Å². The van der Waals surface area contributed by atoms with Gasteiger partial charge >= 0.3 is 39.5 Å². The number of esters is 4. The number of unbranched alkanes of at least 4 members (excludes halogenated alkanes) is 43. The standard InChI is InChI=1S/C74H144O17P2/c1-7-9-11-13-14-15-16-17-18-19-20-21-26-29-35-40-46-52-58-74(79)91-70(63-85-72(77)57-51-45-39-34-28-25-23-22-24-27-32-37-43-48-54-66(3)4)65-89-93(82,83)87-61-68(75)60-86-92(80,81)88-64-69(62-84-71(76)56-50-42-12-10-8-2)90-73(78)59-53-47-41-36-31-30-33-38-44-49-55-67(5)6/h66-70,75H,7-65H2,1-6H3,(H,80,81)(H,82,83)/t68-,69+,70+/m0/s1. The van der Waals surface area contributed by atoms with Crippen molar-refractivity contribution in [1.82, 2.24) is 0 Å². The number of ether oxygens (including phenoxy) is 4. The molecule has 17 nitrogen and oxygen atoms in total. The Bertz CT molecular complexity index is 1800. The summed E-state index contributed by atoms with van der Waals surface area (Å²) < 4.78 is 68.2. The van der Waals surface area contributed by atoms with Crippen LogP contribution in [0.1, 0.15) is 382 Å². The number of phosphoric acid groups is 2. The fraction of sp³-hybridized carbons (Fsp3) is 0.946. The van der Waals surface area contributed by atoms with E-state index in [4.69, 9.17) is 37.0 Å². The topological polar surface area (TPSA) is 237 Å². The Morgan fingerprint density at radius 2 is 0.495 bits per heavy atom. The van der Waals surface area contributed by atoms with E-state index in [2.05, 4.69) is 41.5 Å². The zero-order valence-corrected chi connectivity index (χ0v) is 62.3. The second-order valence-corrected chi connectivity index (χ2v) is 30.5. The van der Waals surface area contributed by atoms with Crippen LogP contribution in [0.3, 0.4) is 0 Å². The van der Waals surface area contributed by atoms with Crippen LogP contribution in [0, 0.1) is 11.8 Å². The molecule has 0 rings (SSSR count). The van der Waals surface area contributed by atoms with Gasteiger partial charge in [0.1, 0.15) is 19.3 Å². The third-order valence-electron chi connectivity index (χ3n) is 17.2. The third-order valence-corrected chi connectivity index (χ3v) is 19.1. The number of phosphoric ester groups is 2. The van der Waals surface area contributed by atoms with Crippen LogP contribution in [-0.4, -0.2) is 96.7 Å². The number of carbonyl (C=O) groups is 4. The van der Waals surface area contributed by atoms with Crippen LogP contribution < -0.4 is 0 Å². The molecule has 0 aliphatic heterocycles. The number of carbonyl (C=O) groups excluding carboxylic acids is 4. The molecule has 0 radical (unpaired) electrons. The van der Waals surface area contributed by atoms with Gasteiger partial charge in [-0.15, -0.1) is 0 Å². The smallest absolute Gasteiger partial charge is 0.462 e. The fourth-order valence-electron chi connectivity index (χ4n) is 11.3. The van der Waals surface area contributed by atoms with Crippen molar-refractivity contribution in [2.24, 2.45) is 11.8 Å². The van der Waals surface area contributed by atoms with Crippen molar-refractivity contribution in [3.8, 4) is 0 Å². The van der Waals surface area contributed by atoms with E-state index in [1.54, 1.807) is 0 Å². The molecule has 552 valence electrons. The first-order valence-electron chi connectivity index (χ1n) is 38.5. The Hall–Kier alpha value is -1.94. The van der Waals surface area contributed by atoms with Gasteiger partial charge in [0, 0.05) is 25.7 Å². The maximum Gasteiger partial charge on any atom is 0.472 e. The summed E-state index contributed by atoms with van der Waals surface area (Å²) in [5.41, 5.74) is 0. The molecule has 0 aromatic carbocycles. The average Bonchev–Trinajstić information content (AvgIpc) is 2.12. The van der Waals surface area contributed by atoms with Crippen LogP contribution >= 0.6 is 15.6 Å². The largest absolute Gasteiger partial charge is 0.472 e. The van der Waals surface area contributed by atoms with Gasteiger partial charge in [0.2, 0.25) is 0 Å². The Labute approximate surface area is 568 Å². The highest BCUT2D eigenvalue weighted by molar-refractivity contribution is 7.47. The molecule has 2 unspecified atom stereocenters. The van der Waals surface area contributed by atoms with Gasteiger partial charge in [-0.05, 0) is 37.5 Å². The van der Waals surface area contributed by atoms with Crippen molar-refractivity contribution in [2.45, 2.75) is 400 Å². The molecule has 0 amide bonds. The summed E-state index contributed by atoms with van der Waals surface area (Å²) in [7, 11) is -9.90. The maximum atomic E-state index is 13.1. The van der Waals surface area contributed by atoms with Crippen molar-refractivity contribution in [3.63, 3.8) is 0 Å². The van der Waals surface area contributed by atoms with Crippen LogP contribution in [0.4, 0.5) is 0 Å². The molecule has 0 heterocycles. The molecule has 0 fully saturated rings. The van der Waals surface area contributed by atoms with Crippen molar-refractivity contribution < 1.29 is 80.2 Å². The molecule has 3 N–H and O–H groups in total. The van der Waals surface area contributed by atoms with E-state index in [0.29, 0.717) is 25.7 Å². The molecule has 0 spiro atoms. The van der Waals surface area contributed by atoms with Gasteiger partial charge in [-0.2, -0.15) is 0 Å². The molecule has 0 saturated heterocycles. The van der Waals surface area contributed by atoms with Gasteiger partial charge in [-0.1, -0.05) is 330 Å². The lowest BCUT2D eigenvalue weighted by molar-refractivity contribution is -0.161. The van der Waals surface area contributed by atoms with E-state index in [1.807, 2.05) is 0 Å². The summed E-state index contributed by atoms with van der Waals surface area (Å²) in [6.45, 7) is 9.51. The first kappa shape index (κ1) is 91.1. The van der Waals surface area contributed by atoms with E-state index in [1.165, 1.54) is 193 Å². The highest BCUT2D eigenvalue weighted by Crippen LogP contribution is 2.45. The second kappa shape index (κ2) is 66.0. The number of hydrogen-bond donors (Lipinski definition) is 3. The van der Waals surface area contributed by atoms with Crippen LogP contribution in [0.5, 0.6) is 0 Å². The minimum absolute atomic E-state index is 0.105. The first-order valence-corrected chi connectivity index (χ1v) is 41.5. The molecule has 0 aromatic rings. The number of hydrogen-bond acceptors (Lipinski definition) is 15. The van der Waals surface area contributed by atoms with Gasteiger partial charge in [0.25, 0.3) is 0 Å². The summed E-state index contributed by atoms with van der Waals surface area (Å²) in [6, 6.07) is 0. The second-order valence-electron chi connectivity index (χ2n) is 27.6. The van der Waals surface area contributed by atoms with Gasteiger partial charge < -0.3 is 33.8 Å². The lowest BCUT2D eigenvalue weighted by Crippen LogP contribution is -2.30. The predicted molar refractivity (Wildman–Crippen MR) is 377 cm³/mol. The van der Waals surface area contributed by atoms with Crippen LogP contribution in [0.25, 0.3) is 0 Å². The molecule has 5 atom stereocenters. The number of aliphatic hydroxyl groups excluding tert-OH is 1. The summed E-state index contributed by atoms with van der Waals surface area (Å²) >= 11 is 0.